The first-order chi connectivity index (χ1) is 42.3. The molecule has 2 aliphatic carbocycles. The second-order valence-corrected chi connectivity index (χ2v) is 25.5. The van der Waals surface area contributed by atoms with E-state index in [2.05, 4.69) is 256 Å². The van der Waals surface area contributed by atoms with Crippen molar-refractivity contribution >= 4 is 110 Å². The quantitative estimate of drug-likeness (QED) is 0.114. The predicted octanol–water partition coefficient (Wildman–Crippen LogP) is 25.0. The average Bonchev–Trinajstić information content (AvgIpc) is 1.48. The van der Waals surface area contributed by atoms with Crippen molar-refractivity contribution in [3.8, 4) is 22.3 Å². The van der Waals surface area contributed by atoms with Gasteiger partial charge in [0.05, 0.1) is 22.7 Å². The summed E-state index contributed by atoms with van der Waals surface area (Å²) >= 11 is 0. The number of rotatable bonds is 12. The van der Waals surface area contributed by atoms with Gasteiger partial charge in [-0.1, -0.05) is 236 Å². The number of anilines is 6. The molecule has 0 amide bonds. The van der Waals surface area contributed by atoms with E-state index in [-0.39, 0.29) is 0 Å². The van der Waals surface area contributed by atoms with Crippen molar-refractivity contribution in [2.24, 2.45) is 0 Å². The van der Waals surface area contributed by atoms with Crippen LogP contribution in [-0.2, 0) is 0 Å². The number of hydrogen-bond acceptors (Lipinski definition) is 4. The molecule has 2 aliphatic rings. The summed E-state index contributed by atoms with van der Waals surface area (Å²) in [5, 5.41) is 11.7. The molecule has 2 aromatic heterocycles. The largest absolute Gasteiger partial charge is 0.453 e. The lowest BCUT2D eigenvalue weighted by Crippen LogP contribution is -2.12. The molecule has 0 radical (unpaired) electrons. The Kier molecular flexibility index (Phi) is 13.1. The highest BCUT2D eigenvalue weighted by atomic mass is 16.3. The van der Waals surface area contributed by atoms with Crippen molar-refractivity contribution in [1.82, 2.24) is 0 Å². The molecule has 4 heteroatoms. The lowest BCUT2D eigenvalue weighted by atomic mass is 9.84. The fourth-order valence-corrected chi connectivity index (χ4v) is 15.5. The third kappa shape index (κ3) is 8.69. The fraction of sp³-hybridized carbons (Fsp3) is 0.220. The first-order valence-corrected chi connectivity index (χ1v) is 31.9. The molecule has 0 bridgehead atoms. The van der Waals surface area contributed by atoms with Gasteiger partial charge in [-0.3, -0.25) is 0 Å². The lowest BCUT2D eigenvalue weighted by molar-refractivity contribution is 0.443. The van der Waals surface area contributed by atoms with Gasteiger partial charge < -0.3 is 18.6 Å². The Morgan fingerprint density at radius 1 is 0.302 bits per heavy atom. The maximum absolute atomic E-state index is 7.38. The van der Waals surface area contributed by atoms with E-state index in [9.17, 15) is 0 Å². The van der Waals surface area contributed by atoms with Gasteiger partial charge in [-0.25, -0.2) is 0 Å². The molecular weight excluding hydrogens is 1040 g/mol. The number of hydrogen-bond donors (Lipinski definition) is 0. The van der Waals surface area contributed by atoms with Crippen molar-refractivity contribution in [2.75, 3.05) is 9.80 Å². The third-order valence-electron chi connectivity index (χ3n) is 19.8. The highest BCUT2D eigenvalue weighted by Crippen LogP contribution is 2.52. The zero-order valence-electron chi connectivity index (χ0n) is 49.9. The molecule has 86 heavy (non-hydrogen) atoms. The molecule has 2 saturated carbocycles. The summed E-state index contributed by atoms with van der Waals surface area (Å²) in [4.78, 5) is 4.97. The molecule has 4 nitrogen and oxygen atoms in total. The van der Waals surface area contributed by atoms with Crippen LogP contribution in [0.2, 0.25) is 0 Å². The summed E-state index contributed by atoms with van der Waals surface area (Å²) in [5.41, 5.74) is 20.3. The lowest BCUT2D eigenvalue weighted by Gasteiger charge is -2.30. The van der Waals surface area contributed by atoms with E-state index < -0.39 is 0 Å². The Labute approximate surface area is 504 Å². The van der Waals surface area contributed by atoms with Crippen LogP contribution in [0.25, 0.3) is 98.4 Å². The molecule has 0 saturated heterocycles. The van der Waals surface area contributed by atoms with Crippen LogP contribution in [0.1, 0.15) is 138 Å². The van der Waals surface area contributed by atoms with Gasteiger partial charge in [0.1, 0.15) is 11.2 Å². The van der Waals surface area contributed by atoms with Crippen LogP contribution in [0, 0.1) is 0 Å². The Morgan fingerprint density at radius 3 is 1.07 bits per heavy atom. The first-order valence-electron chi connectivity index (χ1n) is 31.9. The Hall–Kier alpha value is -9.12. The summed E-state index contributed by atoms with van der Waals surface area (Å²) in [6.45, 7) is 9.12. The van der Waals surface area contributed by atoms with E-state index in [1.165, 1.54) is 130 Å². The maximum Gasteiger partial charge on any atom is 0.159 e. The van der Waals surface area contributed by atoms with Crippen LogP contribution in [0.4, 0.5) is 34.1 Å². The van der Waals surface area contributed by atoms with Gasteiger partial charge in [0, 0.05) is 54.8 Å². The molecule has 16 rings (SSSR count). The van der Waals surface area contributed by atoms with E-state index >= 15 is 0 Å². The minimum atomic E-state index is 0.359. The van der Waals surface area contributed by atoms with Gasteiger partial charge in [0.25, 0.3) is 0 Å². The van der Waals surface area contributed by atoms with Gasteiger partial charge in [0.15, 0.2) is 11.2 Å². The summed E-state index contributed by atoms with van der Waals surface area (Å²) < 4.78 is 14.8. The fourth-order valence-electron chi connectivity index (χ4n) is 15.5. The summed E-state index contributed by atoms with van der Waals surface area (Å²) in [7, 11) is 0. The molecule has 422 valence electrons. The van der Waals surface area contributed by atoms with Crippen LogP contribution in [-0.4, -0.2) is 0 Å². The number of furan rings is 2. The number of fused-ring (bicyclic) bond motifs is 6. The van der Waals surface area contributed by atoms with Crippen molar-refractivity contribution in [2.45, 2.75) is 116 Å². The van der Waals surface area contributed by atoms with Crippen molar-refractivity contribution in [1.29, 1.82) is 0 Å². The Morgan fingerprint density at radius 2 is 0.663 bits per heavy atom. The number of nitrogens with zero attached hydrogens (tertiary/aromatic N) is 2. The van der Waals surface area contributed by atoms with Crippen LogP contribution in [0.3, 0.4) is 0 Å². The Bertz CT molecular complexity index is 4540. The van der Waals surface area contributed by atoms with E-state index in [0.717, 1.165) is 89.1 Å². The predicted molar refractivity (Wildman–Crippen MR) is 365 cm³/mol. The van der Waals surface area contributed by atoms with Crippen molar-refractivity contribution in [3.63, 3.8) is 0 Å². The molecular formula is C82H72N2O2. The van der Waals surface area contributed by atoms with Gasteiger partial charge in [0.2, 0.25) is 0 Å². The number of para-hydroxylation sites is 4. The third-order valence-corrected chi connectivity index (χ3v) is 19.8. The van der Waals surface area contributed by atoms with Crippen LogP contribution >= 0.6 is 0 Å². The monoisotopic (exact) mass is 1120 g/mol. The molecule has 0 spiro atoms. The van der Waals surface area contributed by atoms with E-state index in [1.807, 2.05) is 0 Å². The Balaban J connectivity index is 0.910. The minimum absolute atomic E-state index is 0.359. The molecule has 14 aromatic rings. The van der Waals surface area contributed by atoms with Gasteiger partial charge >= 0.3 is 0 Å². The second-order valence-electron chi connectivity index (χ2n) is 25.5. The zero-order chi connectivity index (χ0) is 57.6. The smallest absolute Gasteiger partial charge is 0.159 e. The van der Waals surface area contributed by atoms with E-state index in [0.29, 0.717) is 23.7 Å². The minimum Gasteiger partial charge on any atom is -0.453 e. The SMILES string of the molecule is CC(C)c1ccccc1-c1cccc2c1oc1c(N(c3ccc(C4CCCCC4)cc3)c3ccc4ccc5c(N(c6ccc(C7CCCCC7)cc6)c6cccc7c6oc6c(-c8ccccc8C(C)C)cccc67)ccc6ccc3c4c65)cccc12. The molecule has 0 aliphatic heterocycles. The van der Waals surface area contributed by atoms with Gasteiger partial charge in [-0.15, -0.1) is 0 Å². The highest BCUT2D eigenvalue weighted by Gasteiger charge is 2.28. The maximum atomic E-state index is 7.38. The molecule has 0 N–H and O–H groups in total. The molecule has 2 fully saturated rings. The summed E-state index contributed by atoms with van der Waals surface area (Å²) in [6, 6.07) is 82.4. The van der Waals surface area contributed by atoms with Crippen LogP contribution in [0.5, 0.6) is 0 Å². The topological polar surface area (TPSA) is 32.8 Å². The summed E-state index contributed by atoms with van der Waals surface area (Å²) in [5.74, 6) is 1.91. The zero-order valence-corrected chi connectivity index (χ0v) is 49.9. The normalized spacial score (nSPS) is 14.6. The second kappa shape index (κ2) is 21.4. The van der Waals surface area contributed by atoms with Gasteiger partial charge in [-0.05, 0) is 153 Å². The number of benzene rings is 12. The molecule has 0 atom stereocenters. The van der Waals surface area contributed by atoms with E-state index in [4.69, 9.17) is 8.83 Å². The van der Waals surface area contributed by atoms with Crippen molar-refractivity contribution in [3.05, 3.63) is 241 Å². The summed E-state index contributed by atoms with van der Waals surface area (Å²) in [6.07, 6.45) is 12.9. The van der Waals surface area contributed by atoms with Gasteiger partial charge in [-0.2, -0.15) is 0 Å². The van der Waals surface area contributed by atoms with E-state index in [1.54, 1.807) is 0 Å². The average molecular weight is 1120 g/mol. The molecule has 12 aromatic carbocycles. The molecule has 2 heterocycles. The molecule has 0 unspecified atom stereocenters. The van der Waals surface area contributed by atoms with Crippen molar-refractivity contribution < 1.29 is 8.83 Å². The van der Waals surface area contributed by atoms with Crippen LogP contribution < -0.4 is 9.80 Å². The standard InChI is InChI=1S/C82H72N2O2/c1-51(2)61-23-11-13-25-63(61)65-27-15-29-67-69-31-17-33-75(81(69)85-79(65)67)83(59-43-35-55(36-44-59)53-19-7-5-8-20-53)73-49-41-57-40-48-72-74(50-42-58-39-47-71(73)77(57)78(58)72)84(60-45-37-56(38-46-60)54-21-9-6-10-22-54)76-34-18-32-70-68-30-16-28-66(80(68)86-82(70)76)64-26-14-12-24-62(64)52(3)4/h11-18,23-54H,5-10,19-22H2,1-4H3. The first kappa shape index (κ1) is 52.4. The highest BCUT2D eigenvalue weighted by molar-refractivity contribution is 6.29. The van der Waals surface area contributed by atoms with Crippen LogP contribution in [0.15, 0.2) is 227 Å².